The summed E-state index contributed by atoms with van der Waals surface area (Å²) in [7, 11) is 0. The van der Waals surface area contributed by atoms with E-state index in [9.17, 15) is 4.79 Å². The third kappa shape index (κ3) is 5.14. The Morgan fingerprint density at radius 1 is 0.613 bits per heavy atom. The highest BCUT2D eigenvalue weighted by molar-refractivity contribution is 6.13. The third-order valence-electron chi connectivity index (χ3n) is 4.65. The summed E-state index contributed by atoms with van der Waals surface area (Å²) in [6.45, 7) is 0. The van der Waals surface area contributed by atoms with Crippen LogP contribution in [0, 0.1) is 11.8 Å². The molecular formula is C28H20N2O. The van der Waals surface area contributed by atoms with E-state index >= 15 is 0 Å². The lowest BCUT2D eigenvalue weighted by atomic mass is 10.0. The molecule has 0 aliphatic heterocycles. The maximum Gasteiger partial charge on any atom is 0.272 e. The molecule has 1 amide bonds. The number of rotatable bonds is 4. The number of carbonyl (C=O) groups is 1. The summed E-state index contributed by atoms with van der Waals surface area (Å²) >= 11 is 0. The molecule has 0 radical (unpaired) electrons. The minimum atomic E-state index is -0.303. The van der Waals surface area contributed by atoms with Crippen molar-refractivity contribution in [2.45, 2.75) is 0 Å². The van der Waals surface area contributed by atoms with E-state index in [1.807, 2.05) is 109 Å². The molecule has 4 aromatic carbocycles. The van der Waals surface area contributed by atoms with Crippen molar-refractivity contribution in [2.75, 3.05) is 0 Å². The SMILES string of the molecule is O=C(NN=C(c1ccccc1)c1ccccc1)c1ccccc1C#Cc1ccccc1. The molecule has 0 saturated carbocycles. The fourth-order valence-corrected chi connectivity index (χ4v) is 3.11. The molecule has 148 valence electrons. The van der Waals surface area contributed by atoms with Gasteiger partial charge in [-0.1, -0.05) is 103 Å². The van der Waals surface area contributed by atoms with Crippen molar-refractivity contribution < 1.29 is 4.79 Å². The molecule has 0 saturated heterocycles. The van der Waals surface area contributed by atoms with E-state index in [4.69, 9.17) is 0 Å². The molecule has 0 heterocycles. The smallest absolute Gasteiger partial charge is 0.267 e. The lowest BCUT2D eigenvalue weighted by Crippen LogP contribution is -2.21. The number of hydrogen-bond acceptors (Lipinski definition) is 2. The van der Waals surface area contributed by atoms with E-state index in [-0.39, 0.29) is 5.91 Å². The number of benzene rings is 4. The highest BCUT2D eigenvalue weighted by Crippen LogP contribution is 2.12. The van der Waals surface area contributed by atoms with E-state index in [0.717, 1.165) is 16.7 Å². The first-order valence-corrected chi connectivity index (χ1v) is 9.96. The van der Waals surface area contributed by atoms with Crippen LogP contribution in [0.15, 0.2) is 120 Å². The van der Waals surface area contributed by atoms with Gasteiger partial charge < -0.3 is 0 Å². The van der Waals surface area contributed by atoms with E-state index in [1.165, 1.54) is 0 Å². The van der Waals surface area contributed by atoms with Gasteiger partial charge in [0, 0.05) is 22.3 Å². The second-order valence-corrected chi connectivity index (χ2v) is 6.79. The minimum Gasteiger partial charge on any atom is -0.267 e. The Morgan fingerprint density at radius 3 is 1.74 bits per heavy atom. The molecule has 0 fully saturated rings. The van der Waals surface area contributed by atoms with Crippen LogP contribution in [0.4, 0.5) is 0 Å². The van der Waals surface area contributed by atoms with Gasteiger partial charge >= 0.3 is 0 Å². The highest BCUT2D eigenvalue weighted by Gasteiger charge is 2.11. The maximum absolute atomic E-state index is 13.0. The summed E-state index contributed by atoms with van der Waals surface area (Å²) < 4.78 is 0. The first kappa shape index (κ1) is 19.9. The van der Waals surface area contributed by atoms with Gasteiger partial charge in [0.2, 0.25) is 0 Å². The first-order chi connectivity index (χ1) is 15.3. The molecule has 4 rings (SSSR count). The summed E-state index contributed by atoms with van der Waals surface area (Å²) in [4.78, 5) is 13.0. The number of nitrogens with zero attached hydrogens (tertiary/aromatic N) is 1. The van der Waals surface area contributed by atoms with Crippen molar-refractivity contribution in [2.24, 2.45) is 5.10 Å². The number of amides is 1. The van der Waals surface area contributed by atoms with Crippen LogP contribution in [0.5, 0.6) is 0 Å². The first-order valence-electron chi connectivity index (χ1n) is 9.96. The Bertz CT molecular complexity index is 1210. The average molecular weight is 400 g/mol. The van der Waals surface area contributed by atoms with Crippen LogP contribution in [0.1, 0.15) is 32.6 Å². The molecule has 0 spiro atoms. The fourth-order valence-electron chi connectivity index (χ4n) is 3.11. The van der Waals surface area contributed by atoms with Crippen LogP contribution in [0.25, 0.3) is 0 Å². The number of carbonyl (C=O) groups excluding carboxylic acids is 1. The zero-order valence-electron chi connectivity index (χ0n) is 16.8. The molecule has 3 heteroatoms. The summed E-state index contributed by atoms with van der Waals surface area (Å²) in [6.07, 6.45) is 0. The molecule has 3 nitrogen and oxygen atoms in total. The zero-order valence-corrected chi connectivity index (χ0v) is 16.8. The van der Waals surface area contributed by atoms with Crippen LogP contribution < -0.4 is 5.43 Å². The van der Waals surface area contributed by atoms with E-state index in [0.29, 0.717) is 16.8 Å². The molecule has 1 N–H and O–H groups in total. The topological polar surface area (TPSA) is 41.5 Å². The molecule has 0 unspecified atom stereocenters. The van der Waals surface area contributed by atoms with E-state index < -0.39 is 0 Å². The van der Waals surface area contributed by atoms with Gasteiger partial charge in [0.1, 0.15) is 0 Å². The lowest BCUT2D eigenvalue weighted by Gasteiger charge is -2.09. The predicted molar refractivity (Wildman–Crippen MR) is 125 cm³/mol. The van der Waals surface area contributed by atoms with Gasteiger partial charge in [0.25, 0.3) is 5.91 Å². The monoisotopic (exact) mass is 400 g/mol. The van der Waals surface area contributed by atoms with E-state index in [2.05, 4.69) is 22.4 Å². The quantitative estimate of drug-likeness (QED) is 0.283. The zero-order chi connectivity index (χ0) is 21.3. The van der Waals surface area contributed by atoms with Crippen LogP contribution in [0.2, 0.25) is 0 Å². The number of hydrogen-bond donors (Lipinski definition) is 1. The van der Waals surface area contributed by atoms with Crippen molar-refractivity contribution >= 4 is 11.6 Å². The minimum absolute atomic E-state index is 0.303. The second-order valence-electron chi connectivity index (χ2n) is 6.79. The van der Waals surface area contributed by atoms with Crippen LogP contribution in [0.3, 0.4) is 0 Å². The number of nitrogens with one attached hydrogen (secondary N) is 1. The Morgan fingerprint density at radius 2 is 1.13 bits per heavy atom. The highest BCUT2D eigenvalue weighted by atomic mass is 16.2. The van der Waals surface area contributed by atoms with Crippen LogP contribution in [-0.2, 0) is 0 Å². The van der Waals surface area contributed by atoms with Crippen molar-refractivity contribution in [3.05, 3.63) is 143 Å². The van der Waals surface area contributed by atoms with Crippen molar-refractivity contribution in [3.8, 4) is 11.8 Å². The summed E-state index contributed by atoms with van der Waals surface area (Å²) in [6, 6.07) is 36.5. The lowest BCUT2D eigenvalue weighted by molar-refractivity contribution is 0.0954. The molecule has 0 bridgehead atoms. The standard InChI is InChI=1S/C28H20N2O/c31-28(26-19-11-10-14-23(26)21-20-22-12-4-1-5-13-22)30-29-27(24-15-6-2-7-16-24)25-17-8-3-9-18-25/h1-19H,(H,30,31). The fraction of sp³-hybridized carbons (Fsp3) is 0. The summed E-state index contributed by atoms with van der Waals surface area (Å²) in [5.41, 5.74) is 7.29. The molecule has 0 aromatic heterocycles. The second kappa shape index (κ2) is 9.87. The third-order valence-corrected chi connectivity index (χ3v) is 4.65. The molecule has 0 aliphatic rings. The summed E-state index contributed by atoms with van der Waals surface area (Å²) in [5, 5.41) is 4.47. The predicted octanol–water partition coefficient (Wildman–Crippen LogP) is 5.27. The van der Waals surface area contributed by atoms with Crippen molar-refractivity contribution in [1.29, 1.82) is 0 Å². The van der Waals surface area contributed by atoms with Crippen molar-refractivity contribution in [3.63, 3.8) is 0 Å². The van der Waals surface area contributed by atoms with Gasteiger partial charge in [-0.05, 0) is 24.3 Å². The van der Waals surface area contributed by atoms with Gasteiger partial charge in [-0.25, -0.2) is 5.43 Å². The van der Waals surface area contributed by atoms with Gasteiger partial charge in [0.05, 0.1) is 11.3 Å². The van der Waals surface area contributed by atoms with Crippen molar-refractivity contribution in [1.82, 2.24) is 5.43 Å². The summed E-state index contributed by atoms with van der Waals surface area (Å²) in [5.74, 6) is 5.91. The normalized spacial score (nSPS) is 9.81. The molecular weight excluding hydrogens is 380 g/mol. The van der Waals surface area contributed by atoms with Crippen LogP contribution in [-0.4, -0.2) is 11.6 Å². The maximum atomic E-state index is 13.0. The number of hydrazone groups is 1. The Hall–Kier alpha value is -4.42. The Labute approximate surface area is 182 Å². The van der Waals surface area contributed by atoms with Gasteiger partial charge in [0.15, 0.2) is 0 Å². The van der Waals surface area contributed by atoms with Crippen LogP contribution >= 0.6 is 0 Å². The Kier molecular flexibility index (Phi) is 6.33. The van der Waals surface area contributed by atoms with Gasteiger partial charge in [-0.3, -0.25) is 4.79 Å². The largest absolute Gasteiger partial charge is 0.272 e. The molecule has 0 aliphatic carbocycles. The van der Waals surface area contributed by atoms with Gasteiger partial charge in [-0.2, -0.15) is 5.10 Å². The molecule has 0 atom stereocenters. The molecule has 4 aromatic rings. The average Bonchev–Trinajstić information content (AvgIpc) is 2.85. The molecule has 31 heavy (non-hydrogen) atoms. The van der Waals surface area contributed by atoms with Gasteiger partial charge in [-0.15, -0.1) is 0 Å². The van der Waals surface area contributed by atoms with E-state index in [1.54, 1.807) is 6.07 Å². The Balaban J connectivity index is 1.63.